The second-order valence-electron chi connectivity index (χ2n) is 6.35. The fourth-order valence-corrected chi connectivity index (χ4v) is 4.32. The Morgan fingerprint density at radius 1 is 1.35 bits per heavy atom. The summed E-state index contributed by atoms with van der Waals surface area (Å²) in [6.45, 7) is 6.21. The number of sulfone groups is 1. The lowest BCUT2D eigenvalue weighted by Gasteiger charge is -2.33. The molecular weight excluding hydrogens is 276 g/mol. The molecule has 1 unspecified atom stereocenters. The molecule has 0 aromatic heterocycles. The number of nitrogens with two attached hydrogens (primary N) is 1. The van der Waals surface area contributed by atoms with Gasteiger partial charge in [0, 0.05) is 13.0 Å². The molecule has 6 heteroatoms. The van der Waals surface area contributed by atoms with Crippen molar-refractivity contribution in [3.8, 4) is 0 Å². The Kier molecular flexibility index (Phi) is 6.01. The molecule has 5 nitrogen and oxygen atoms in total. The first-order valence-corrected chi connectivity index (χ1v) is 9.15. The van der Waals surface area contributed by atoms with E-state index in [2.05, 4.69) is 5.32 Å². The van der Waals surface area contributed by atoms with Crippen molar-refractivity contribution in [2.24, 2.45) is 11.7 Å². The van der Waals surface area contributed by atoms with E-state index in [0.29, 0.717) is 6.54 Å². The standard InChI is InChI=1S/C14H28N2O3S/c1-11(2)14(3,10-15)16-13(17)8-9-20(18,19)12-6-4-5-7-12/h11-12H,4-10,15H2,1-3H3,(H,16,17). The van der Waals surface area contributed by atoms with Crippen LogP contribution in [0.5, 0.6) is 0 Å². The van der Waals surface area contributed by atoms with Gasteiger partial charge >= 0.3 is 0 Å². The lowest BCUT2D eigenvalue weighted by molar-refractivity contribution is -0.122. The van der Waals surface area contributed by atoms with E-state index in [9.17, 15) is 13.2 Å². The highest BCUT2D eigenvalue weighted by Gasteiger charge is 2.31. The summed E-state index contributed by atoms with van der Waals surface area (Å²) in [5, 5.41) is 2.64. The summed E-state index contributed by atoms with van der Waals surface area (Å²) in [5.41, 5.74) is 5.23. The van der Waals surface area contributed by atoms with Crippen LogP contribution in [-0.4, -0.2) is 37.4 Å². The van der Waals surface area contributed by atoms with Crippen LogP contribution in [-0.2, 0) is 14.6 Å². The van der Waals surface area contributed by atoms with Crippen molar-refractivity contribution < 1.29 is 13.2 Å². The quantitative estimate of drug-likeness (QED) is 0.740. The first kappa shape index (κ1) is 17.4. The number of carbonyl (C=O) groups excluding carboxylic acids is 1. The zero-order chi connectivity index (χ0) is 15.4. The predicted molar refractivity (Wildman–Crippen MR) is 81.1 cm³/mol. The van der Waals surface area contributed by atoms with Gasteiger partial charge in [-0.25, -0.2) is 8.42 Å². The molecule has 118 valence electrons. The highest BCUT2D eigenvalue weighted by atomic mass is 32.2. The molecule has 1 fully saturated rings. The van der Waals surface area contributed by atoms with Crippen molar-refractivity contribution in [2.45, 2.75) is 63.7 Å². The van der Waals surface area contributed by atoms with Crippen LogP contribution in [0.3, 0.4) is 0 Å². The molecule has 0 heterocycles. The van der Waals surface area contributed by atoms with Crippen LogP contribution in [0.4, 0.5) is 0 Å². The molecule has 1 saturated carbocycles. The molecule has 0 radical (unpaired) electrons. The Hall–Kier alpha value is -0.620. The van der Waals surface area contributed by atoms with Gasteiger partial charge in [0.05, 0.1) is 16.5 Å². The summed E-state index contributed by atoms with van der Waals surface area (Å²) in [4.78, 5) is 12.0. The van der Waals surface area contributed by atoms with Crippen LogP contribution in [0, 0.1) is 5.92 Å². The van der Waals surface area contributed by atoms with Gasteiger partial charge in [-0.1, -0.05) is 26.7 Å². The molecular formula is C14H28N2O3S. The first-order valence-electron chi connectivity index (χ1n) is 7.44. The largest absolute Gasteiger partial charge is 0.349 e. The zero-order valence-electron chi connectivity index (χ0n) is 12.8. The summed E-state index contributed by atoms with van der Waals surface area (Å²) >= 11 is 0. The van der Waals surface area contributed by atoms with Gasteiger partial charge in [-0.3, -0.25) is 4.79 Å². The van der Waals surface area contributed by atoms with E-state index in [1.807, 2.05) is 20.8 Å². The van der Waals surface area contributed by atoms with E-state index in [-0.39, 0.29) is 29.2 Å². The fraction of sp³-hybridized carbons (Fsp3) is 0.929. The lowest BCUT2D eigenvalue weighted by atomic mass is 9.88. The summed E-state index contributed by atoms with van der Waals surface area (Å²) < 4.78 is 24.2. The first-order chi connectivity index (χ1) is 9.21. The Morgan fingerprint density at radius 2 is 1.90 bits per heavy atom. The van der Waals surface area contributed by atoms with Crippen LogP contribution >= 0.6 is 0 Å². The molecule has 1 amide bonds. The highest BCUT2D eigenvalue weighted by molar-refractivity contribution is 7.92. The van der Waals surface area contributed by atoms with Gasteiger partial charge in [-0.05, 0) is 25.7 Å². The van der Waals surface area contributed by atoms with Gasteiger partial charge in [-0.15, -0.1) is 0 Å². The summed E-state index contributed by atoms with van der Waals surface area (Å²) in [6.07, 6.45) is 3.48. The maximum absolute atomic E-state index is 12.1. The Morgan fingerprint density at radius 3 is 2.35 bits per heavy atom. The number of carbonyl (C=O) groups is 1. The number of rotatable bonds is 7. The van der Waals surface area contributed by atoms with Crippen LogP contribution < -0.4 is 11.1 Å². The summed E-state index contributed by atoms with van der Waals surface area (Å²) in [7, 11) is -3.13. The van der Waals surface area contributed by atoms with Crippen LogP contribution in [0.2, 0.25) is 0 Å². The van der Waals surface area contributed by atoms with Crippen LogP contribution in [0.15, 0.2) is 0 Å². The van der Waals surface area contributed by atoms with Crippen LogP contribution in [0.1, 0.15) is 52.9 Å². The molecule has 0 aromatic rings. The molecule has 0 spiro atoms. The van der Waals surface area contributed by atoms with Gasteiger partial charge in [0.2, 0.25) is 5.91 Å². The van der Waals surface area contributed by atoms with E-state index < -0.39 is 15.4 Å². The van der Waals surface area contributed by atoms with E-state index in [0.717, 1.165) is 25.7 Å². The second kappa shape index (κ2) is 6.89. The van der Waals surface area contributed by atoms with Crippen molar-refractivity contribution in [2.75, 3.05) is 12.3 Å². The number of hydrogen-bond donors (Lipinski definition) is 2. The fourth-order valence-electron chi connectivity index (χ4n) is 2.46. The minimum absolute atomic E-state index is 0.0289. The maximum atomic E-state index is 12.1. The number of hydrogen-bond acceptors (Lipinski definition) is 4. The molecule has 1 aliphatic rings. The average molecular weight is 304 g/mol. The molecule has 1 rings (SSSR count). The Labute approximate surface area is 122 Å². The summed E-state index contributed by atoms with van der Waals surface area (Å²) in [6, 6.07) is 0. The summed E-state index contributed by atoms with van der Waals surface area (Å²) in [5.74, 6) is -0.0847. The van der Waals surface area contributed by atoms with Gasteiger partial charge < -0.3 is 11.1 Å². The molecule has 3 N–H and O–H groups in total. The normalized spacial score (nSPS) is 20.1. The molecule has 1 atom stereocenters. The molecule has 0 aliphatic heterocycles. The molecule has 0 aromatic carbocycles. The minimum Gasteiger partial charge on any atom is -0.349 e. The van der Waals surface area contributed by atoms with Crippen molar-refractivity contribution in [1.29, 1.82) is 0 Å². The van der Waals surface area contributed by atoms with Crippen molar-refractivity contribution >= 4 is 15.7 Å². The third kappa shape index (κ3) is 4.45. The lowest BCUT2D eigenvalue weighted by Crippen LogP contribution is -2.55. The monoisotopic (exact) mass is 304 g/mol. The van der Waals surface area contributed by atoms with Crippen LogP contribution in [0.25, 0.3) is 0 Å². The van der Waals surface area contributed by atoms with E-state index in [1.165, 1.54) is 0 Å². The topological polar surface area (TPSA) is 89.3 Å². The Bertz CT molecular complexity index is 428. The van der Waals surface area contributed by atoms with Gasteiger partial charge in [0.15, 0.2) is 9.84 Å². The zero-order valence-corrected chi connectivity index (χ0v) is 13.6. The van der Waals surface area contributed by atoms with Crippen molar-refractivity contribution in [3.63, 3.8) is 0 Å². The SMILES string of the molecule is CC(C)C(C)(CN)NC(=O)CCS(=O)(=O)C1CCCC1. The molecule has 1 aliphatic carbocycles. The Balaban J connectivity index is 2.51. The van der Waals surface area contributed by atoms with Gasteiger partial charge in [-0.2, -0.15) is 0 Å². The smallest absolute Gasteiger partial charge is 0.221 e. The van der Waals surface area contributed by atoms with Crippen molar-refractivity contribution in [1.82, 2.24) is 5.32 Å². The third-order valence-electron chi connectivity index (χ3n) is 4.55. The third-order valence-corrected chi connectivity index (χ3v) is 6.81. The predicted octanol–water partition coefficient (Wildman–Crippen LogP) is 1.22. The number of amides is 1. The average Bonchev–Trinajstić information content (AvgIpc) is 2.90. The molecule has 20 heavy (non-hydrogen) atoms. The maximum Gasteiger partial charge on any atom is 0.221 e. The van der Waals surface area contributed by atoms with E-state index >= 15 is 0 Å². The van der Waals surface area contributed by atoms with E-state index in [4.69, 9.17) is 5.73 Å². The highest BCUT2D eigenvalue weighted by Crippen LogP contribution is 2.25. The van der Waals surface area contributed by atoms with E-state index in [1.54, 1.807) is 0 Å². The molecule has 0 bridgehead atoms. The van der Waals surface area contributed by atoms with Gasteiger partial charge in [0.1, 0.15) is 0 Å². The van der Waals surface area contributed by atoms with Crippen molar-refractivity contribution in [3.05, 3.63) is 0 Å². The van der Waals surface area contributed by atoms with Gasteiger partial charge in [0.25, 0.3) is 0 Å². The second-order valence-corrected chi connectivity index (χ2v) is 8.75. The molecule has 0 saturated heterocycles. The number of nitrogens with one attached hydrogen (secondary N) is 1. The minimum atomic E-state index is -3.13.